The van der Waals surface area contributed by atoms with Gasteiger partial charge in [0.05, 0.1) is 23.9 Å². The van der Waals surface area contributed by atoms with Crippen LogP contribution < -0.4 is 15.0 Å². The number of anilines is 1. The maximum atomic E-state index is 11.3. The van der Waals surface area contributed by atoms with Gasteiger partial charge in [-0.15, -0.1) is 5.10 Å². The number of ether oxygens (including phenoxy) is 1. The Labute approximate surface area is 191 Å². The number of pyridine rings is 1. The summed E-state index contributed by atoms with van der Waals surface area (Å²) < 4.78 is 36.1. The molecule has 0 bridgehead atoms. The minimum atomic E-state index is -3.01. The van der Waals surface area contributed by atoms with E-state index in [4.69, 9.17) is 9.15 Å². The van der Waals surface area contributed by atoms with Crippen molar-refractivity contribution in [2.45, 2.75) is 19.4 Å². The highest BCUT2D eigenvalue weighted by Gasteiger charge is 2.21. The number of fused-ring (bicyclic) bond motifs is 2. The number of nitrogens with zero attached hydrogens (tertiary/aromatic N) is 5. The molecule has 33 heavy (non-hydrogen) atoms. The third kappa shape index (κ3) is 4.64. The van der Waals surface area contributed by atoms with E-state index in [-0.39, 0.29) is 12.4 Å². The largest absolute Gasteiger partial charge is 0.477 e. The Balaban J connectivity index is 1.44. The summed E-state index contributed by atoms with van der Waals surface area (Å²) in [6, 6.07) is 7.76. The normalized spacial score (nSPS) is 17.2. The second-order valence-corrected chi connectivity index (χ2v) is 10.6. The molecule has 0 spiro atoms. The molecule has 4 aromatic rings. The minimum Gasteiger partial charge on any atom is -0.477 e. The van der Waals surface area contributed by atoms with E-state index in [0.717, 1.165) is 36.4 Å². The molecule has 0 aliphatic carbocycles. The number of piperazine rings is 1. The lowest BCUT2D eigenvalue weighted by Crippen LogP contribution is -2.49. The van der Waals surface area contributed by atoms with E-state index in [9.17, 15) is 8.42 Å². The molecule has 0 saturated carbocycles. The van der Waals surface area contributed by atoms with E-state index in [1.165, 1.54) is 6.26 Å². The van der Waals surface area contributed by atoms with Gasteiger partial charge in [0.1, 0.15) is 26.9 Å². The van der Waals surface area contributed by atoms with Crippen LogP contribution in [-0.2, 0) is 9.84 Å². The van der Waals surface area contributed by atoms with Crippen LogP contribution in [0.15, 0.2) is 41.1 Å². The zero-order valence-corrected chi connectivity index (χ0v) is 19.4. The van der Waals surface area contributed by atoms with Crippen molar-refractivity contribution >= 4 is 32.3 Å². The van der Waals surface area contributed by atoms with Crippen molar-refractivity contribution in [2.24, 2.45) is 0 Å². The molecule has 0 amide bonds. The topological polar surface area (TPSA) is 115 Å². The van der Waals surface area contributed by atoms with Crippen molar-refractivity contribution in [3.05, 3.63) is 36.7 Å². The van der Waals surface area contributed by atoms with Crippen molar-refractivity contribution in [1.29, 1.82) is 0 Å². The maximum Gasteiger partial charge on any atom is 0.231 e. The highest BCUT2D eigenvalue weighted by Crippen LogP contribution is 2.33. The van der Waals surface area contributed by atoms with Gasteiger partial charge in [0, 0.05) is 44.2 Å². The van der Waals surface area contributed by atoms with Crippen molar-refractivity contribution < 1.29 is 17.6 Å². The molecule has 1 aliphatic heterocycles. The zero-order valence-electron chi connectivity index (χ0n) is 18.6. The quantitative estimate of drug-likeness (QED) is 0.406. The monoisotopic (exact) mass is 470 g/mol. The molecular formula is C22H26N6O4S. The van der Waals surface area contributed by atoms with Gasteiger partial charge in [0.15, 0.2) is 11.4 Å². The number of sulfone groups is 1. The molecule has 0 unspecified atom stereocenters. The van der Waals surface area contributed by atoms with Crippen LogP contribution in [0.1, 0.15) is 13.3 Å². The van der Waals surface area contributed by atoms with Crippen molar-refractivity contribution in [2.75, 3.05) is 43.1 Å². The number of rotatable bonds is 7. The molecule has 1 N–H and O–H groups in total. The summed E-state index contributed by atoms with van der Waals surface area (Å²) in [5, 5.41) is 8.93. The van der Waals surface area contributed by atoms with Gasteiger partial charge in [0.25, 0.3) is 0 Å². The lowest BCUT2D eigenvalue weighted by Gasteiger charge is -2.32. The van der Waals surface area contributed by atoms with Crippen LogP contribution >= 0.6 is 0 Å². The number of hydrogen-bond acceptors (Lipinski definition) is 9. The summed E-state index contributed by atoms with van der Waals surface area (Å²) in [6.45, 7) is 5.10. The van der Waals surface area contributed by atoms with Crippen LogP contribution in [0.3, 0.4) is 0 Å². The summed E-state index contributed by atoms with van der Waals surface area (Å²) in [7, 11) is -3.01. The smallest absolute Gasteiger partial charge is 0.231 e. The first-order valence-electron chi connectivity index (χ1n) is 10.9. The molecule has 1 atom stereocenters. The van der Waals surface area contributed by atoms with Crippen LogP contribution in [0.25, 0.3) is 28.1 Å². The van der Waals surface area contributed by atoms with Gasteiger partial charge < -0.3 is 19.4 Å². The highest BCUT2D eigenvalue weighted by atomic mass is 32.2. The van der Waals surface area contributed by atoms with Gasteiger partial charge in [-0.05, 0) is 31.5 Å². The van der Waals surface area contributed by atoms with Gasteiger partial charge in [-0.1, -0.05) is 0 Å². The fraction of sp³-hybridized carbons (Fsp3) is 0.409. The van der Waals surface area contributed by atoms with Gasteiger partial charge in [-0.25, -0.2) is 22.9 Å². The van der Waals surface area contributed by atoms with Crippen LogP contribution in [0, 0.1) is 0 Å². The number of hydrogen-bond donors (Lipinski definition) is 1. The Morgan fingerprint density at radius 1 is 1.27 bits per heavy atom. The average Bonchev–Trinajstić information content (AvgIpc) is 3.39. The molecule has 0 aromatic carbocycles. The van der Waals surface area contributed by atoms with Crippen molar-refractivity contribution in [3.63, 3.8) is 0 Å². The summed E-state index contributed by atoms with van der Waals surface area (Å²) in [5.74, 6) is 2.01. The zero-order chi connectivity index (χ0) is 23.0. The molecule has 5 heterocycles. The first kappa shape index (κ1) is 21.7. The molecule has 5 rings (SSSR count). The summed E-state index contributed by atoms with van der Waals surface area (Å²) in [5.41, 5.74) is 2.11. The predicted octanol–water partition coefficient (Wildman–Crippen LogP) is 2.15. The van der Waals surface area contributed by atoms with Gasteiger partial charge in [0.2, 0.25) is 5.88 Å². The van der Waals surface area contributed by atoms with Crippen molar-refractivity contribution in [3.8, 4) is 17.3 Å². The summed E-state index contributed by atoms with van der Waals surface area (Å²) in [4.78, 5) is 11.3. The van der Waals surface area contributed by atoms with Crippen LogP contribution in [0.2, 0.25) is 0 Å². The lowest BCUT2D eigenvalue weighted by atomic mass is 10.2. The fourth-order valence-corrected chi connectivity index (χ4v) is 4.69. The Morgan fingerprint density at radius 3 is 2.97 bits per heavy atom. The summed E-state index contributed by atoms with van der Waals surface area (Å²) in [6.07, 6.45) is 5.10. The Bertz CT molecular complexity index is 1400. The molecule has 11 heteroatoms. The van der Waals surface area contributed by atoms with Gasteiger partial charge >= 0.3 is 0 Å². The molecule has 174 valence electrons. The highest BCUT2D eigenvalue weighted by molar-refractivity contribution is 7.90. The van der Waals surface area contributed by atoms with Crippen LogP contribution in [-0.4, -0.2) is 72.3 Å². The van der Waals surface area contributed by atoms with E-state index in [2.05, 4.69) is 32.2 Å². The van der Waals surface area contributed by atoms with E-state index in [0.29, 0.717) is 35.4 Å². The lowest BCUT2D eigenvalue weighted by molar-refractivity contribution is 0.301. The third-order valence-corrected chi connectivity index (χ3v) is 6.62. The molecule has 4 aromatic heterocycles. The first-order chi connectivity index (χ1) is 15.9. The Morgan fingerprint density at radius 2 is 2.15 bits per heavy atom. The number of aromatic nitrogens is 4. The van der Waals surface area contributed by atoms with E-state index in [1.807, 2.05) is 12.1 Å². The number of imidazole rings is 1. The molecule has 0 radical (unpaired) electrons. The first-order valence-corrected chi connectivity index (χ1v) is 13.0. The standard InChI is InChI=1S/C22H26N6O4S/c1-15-14-27(9-8-23-15)22-16-12-19(32-18(16)6-7-24-22)17-13-25-20-4-5-21(26-28(17)20)31-10-3-11-33(2,29)30/h4-7,12-13,15,23H,3,8-11,14H2,1-2H3/t15-/m0/s1. The van der Waals surface area contributed by atoms with E-state index >= 15 is 0 Å². The van der Waals surface area contributed by atoms with Gasteiger partial charge in [-0.3, -0.25) is 0 Å². The van der Waals surface area contributed by atoms with Gasteiger partial charge in [-0.2, -0.15) is 0 Å². The molecular weight excluding hydrogens is 444 g/mol. The van der Waals surface area contributed by atoms with Crippen molar-refractivity contribution in [1.82, 2.24) is 24.9 Å². The average molecular weight is 471 g/mol. The van der Waals surface area contributed by atoms with Crippen LogP contribution in [0.5, 0.6) is 5.88 Å². The second kappa shape index (κ2) is 8.64. The fourth-order valence-electron chi connectivity index (χ4n) is 4.05. The third-order valence-electron chi connectivity index (χ3n) is 5.59. The SMILES string of the molecule is C[C@H]1CN(c2nccc3oc(-c4cnc5ccc(OCCCS(C)(=O)=O)nn45)cc23)CCN1. The number of nitrogens with one attached hydrogen (secondary N) is 1. The summed E-state index contributed by atoms with van der Waals surface area (Å²) >= 11 is 0. The Kier molecular flexibility index (Phi) is 5.67. The molecule has 1 saturated heterocycles. The minimum absolute atomic E-state index is 0.0762. The van der Waals surface area contributed by atoms with E-state index in [1.54, 1.807) is 29.0 Å². The predicted molar refractivity (Wildman–Crippen MR) is 125 cm³/mol. The molecule has 10 nitrogen and oxygen atoms in total. The maximum absolute atomic E-state index is 11.3. The number of furan rings is 1. The van der Waals surface area contributed by atoms with Crippen LogP contribution in [0.4, 0.5) is 5.82 Å². The second-order valence-electron chi connectivity index (χ2n) is 8.38. The molecule has 1 aliphatic rings. The molecule has 1 fully saturated rings. The Hall–Kier alpha value is -3.18. The van der Waals surface area contributed by atoms with E-state index < -0.39 is 9.84 Å².